The SMILES string of the molecule is Cc1cc(Nc2nc(N3CCCCC3)nc(N3CCCCC3)n2)ccc1N1C(=O)c2ccc(Cl)cc2C1=O. The van der Waals surface area contributed by atoms with Crippen molar-refractivity contribution in [2.75, 3.05) is 46.2 Å². The van der Waals surface area contributed by atoms with E-state index >= 15 is 0 Å². The molecule has 0 radical (unpaired) electrons. The number of nitrogens with zero attached hydrogens (tertiary/aromatic N) is 6. The van der Waals surface area contributed by atoms with E-state index in [4.69, 9.17) is 26.6 Å². The molecule has 6 rings (SSSR count). The molecular weight excluding hydrogens is 502 g/mol. The minimum atomic E-state index is -0.369. The third kappa shape index (κ3) is 4.67. The molecule has 0 unspecified atom stereocenters. The number of halogens is 1. The van der Waals surface area contributed by atoms with Crippen molar-refractivity contribution < 1.29 is 9.59 Å². The molecule has 0 saturated carbocycles. The summed E-state index contributed by atoms with van der Waals surface area (Å²) in [5.74, 6) is 1.19. The number of anilines is 5. The quantitative estimate of drug-likeness (QED) is 0.440. The Morgan fingerprint density at radius 3 is 1.95 bits per heavy atom. The van der Waals surface area contributed by atoms with E-state index in [1.54, 1.807) is 24.3 Å². The summed E-state index contributed by atoms with van der Waals surface area (Å²) in [5.41, 5.74) is 2.77. The topological polar surface area (TPSA) is 94.6 Å². The van der Waals surface area contributed by atoms with Gasteiger partial charge in [-0.25, -0.2) is 4.90 Å². The molecule has 38 heavy (non-hydrogen) atoms. The number of carbonyl (C=O) groups is 2. The van der Waals surface area contributed by atoms with Crippen molar-refractivity contribution in [3.05, 3.63) is 58.1 Å². The Hall–Kier alpha value is -3.72. The van der Waals surface area contributed by atoms with Crippen molar-refractivity contribution >= 4 is 52.6 Å². The van der Waals surface area contributed by atoms with Gasteiger partial charge < -0.3 is 15.1 Å². The smallest absolute Gasteiger partial charge is 0.266 e. The second-order valence-electron chi connectivity index (χ2n) is 10.1. The fraction of sp³-hybridized carbons (Fsp3) is 0.393. The van der Waals surface area contributed by atoms with Gasteiger partial charge >= 0.3 is 0 Å². The Kier molecular flexibility index (Phi) is 6.61. The summed E-state index contributed by atoms with van der Waals surface area (Å²) in [6, 6.07) is 10.3. The highest BCUT2D eigenvalue weighted by molar-refractivity contribution is 6.36. The summed E-state index contributed by atoms with van der Waals surface area (Å²) in [6.45, 7) is 5.66. The molecule has 0 spiro atoms. The van der Waals surface area contributed by atoms with E-state index in [-0.39, 0.29) is 11.8 Å². The lowest BCUT2D eigenvalue weighted by atomic mass is 10.1. The van der Waals surface area contributed by atoms with Crippen LogP contribution >= 0.6 is 11.6 Å². The van der Waals surface area contributed by atoms with E-state index in [1.807, 2.05) is 19.1 Å². The molecule has 3 aliphatic rings. The minimum absolute atomic E-state index is 0.324. The van der Waals surface area contributed by atoms with E-state index in [9.17, 15) is 9.59 Å². The van der Waals surface area contributed by atoms with Crippen LogP contribution < -0.4 is 20.0 Å². The Balaban J connectivity index is 1.28. The lowest BCUT2D eigenvalue weighted by molar-refractivity contribution is 0.0926. The first-order chi connectivity index (χ1) is 18.5. The lowest BCUT2D eigenvalue weighted by Gasteiger charge is -2.30. The molecule has 9 nitrogen and oxygen atoms in total. The van der Waals surface area contributed by atoms with E-state index in [0.29, 0.717) is 39.7 Å². The Bertz CT molecular complexity index is 1360. The van der Waals surface area contributed by atoms with E-state index in [1.165, 1.54) is 17.7 Å². The average Bonchev–Trinajstić information content (AvgIpc) is 3.18. The first-order valence-corrected chi connectivity index (χ1v) is 13.7. The Morgan fingerprint density at radius 1 is 0.737 bits per heavy atom. The Labute approximate surface area is 226 Å². The van der Waals surface area contributed by atoms with Crippen molar-refractivity contribution in [1.29, 1.82) is 0 Å². The number of piperidine rings is 2. The van der Waals surface area contributed by atoms with Crippen LogP contribution in [0.3, 0.4) is 0 Å². The summed E-state index contributed by atoms with van der Waals surface area (Å²) in [6.07, 6.45) is 7.02. The molecule has 1 N–H and O–H groups in total. The highest BCUT2D eigenvalue weighted by Crippen LogP contribution is 2.34. The van der Waals surface area contributed by atoms with Gasteiger partial charge in [-0.2, -0.15) is 15.0 Å². The largest absolute Gasteiger partial charge is 0.341 e. The first kappa shape index (κ1) is 24.6. The van der Waals surface area contributed by atoms with E-state index in [2.05, 4.69) is 15.1 Å². The molecule has 2 saturated heterocycles. The van der Waals surface area contributed by atoms with Gasteiger partial charge in [-0.15, -0.1) is 0 Å². The standard InChI is InChI=1S/C28H30ClN7O2/c1-18-16-20(9-11-23(18)36-24(37)21-10-8-19(29)17-22(21)25(36)38)30-26-31-27(34-12-4-2-5-13-34)33-28(32-26)35-14-6-3-7-15-35/h8-11,16-17H,2-7,12-15H2,1H3,(H,30,31,32,33). The molecule has 3 aliphatic heterocycles. The van der Waals surface area contributed by atoms with Gasteiger partial charge in [-0.1, -0.05) is 11.6 Å². The maximum atomic E-state index is 13.1. The van der Waals surface area contributed by atoms with Crippen molar-refractivity contribution in [3.8, 4) is 0 Å². The summed E-state index contributed by atoms with van der Waals surface area (Å²) >= 11 is 6.07. The van der Waals surface area contributed by atoms with Crippen LogP contribution in [0.5, 0.6) is 0 Å². The number of aryl methyl sites for hydroxylation is 1. The summed E-state index contributed by atoms with van der Waals surface area (Å²) in [4.78, 5) is 46.2. The number of hydrogen-bond donors (Lipinski definition) is 1. The van der Waals surface area contributed by atoms with E-state index < -0.39 is 0 Å². The van der Waals surface area contributed by atoms with Crippen LogP contribution in [0.1, 0.15) is 64.8 Å². The number of imide groups is 1. The molecule has 0 bridgehead atoms. The van der Waals surface area contributed by atoms with Gasteiger partial charge in [0, 0.05) is 36.9 Å². The zero-order chi connectivity index (χ0) is 26.2. The van der Waals surface area contributed by atoms with Gasteiger partial charge in [0.2, 0.25) is 17.8 Å². The molecule has 10 heteroatoms. The lowest BCUT2D eigenvalue weighted by Crippen LogP contribution is -2.34. The molecule has 196 valence electrons. The molecule has 3 aromatic rings. The Morgan fingerprint density at radius 2 is 1.34 bits per heavy atom. The van der Waals surface area contributed by atoms with Crippen molar-refractivity contribution in [2.24, 2.45) is 0 Å². The predicted molar refractivity (Wildman–Crippen MR) is 149 cm³/mol. The van der Waals surface area contributed by atoms with Crippen molar-refractivity contribution in [2.45, 2.75) is 45.4 Å². The number of hydrogen-bond acceptors (Lipinski definition) is 8. The molecular formula is C28H30ClN7O2. The van der Waals surface area contributed by atoms with Crippen LogP contribution in [0.25, 0.3) is 0 Å². The number of carbonyl (C=O) groups excluding carboxylic acids is 2. The van der Waals surface area contributed by atoms with Gasteiger partial charge in [-0.3, -0.25) is 9.59 Å². The normalized spacial score (nSPS) is 17.7. The van der Waals surface area contributed by atoms with Crippen LogP contribution in [0.4, 0.5) is 29.2 Å². The fourth-order valence-electron chi connectivity index (χ4n) is 5.43. The van der Waals surface area contributed by atoms with Gasteiger partial charge in [0.05, 0.1) is 16.8 Å². The number of nitrogens with one attached hydrogen (secondary N) is 1. The van der Waals surface area contributed by atoms with Crippen LogP contribution in [0, 0.1) is 6.92 Å². The second-order valence-corrected chi connectivity index (χ2v) is 10.6. The fourth-order valence-corrected chi connectivity index (χ4v) is 5.60. The third-order valence-electron chi connectivity index (χ3n) is 7.43. The highest BCUT2D eigenvalue weighted by atomic mass is 35.5. The number of fused-ring (bicyclic) bond motifs is 1. The number of aromatic nitrogens is 3. The molecule has 0 aliphatic carbocycles. The van der Waals surface area contributed by atoms with Crippen LogP contribution in [-0.4, -0.2) is 52.9 Å². The summed E-state index contributed by atoms with van der Waals surface area (Å²) in [7, 11) is 0. The van der Waals surface area contributed by atoms with Crippen LogP contribution in [0.15, 0.2) is 36.4 Å². The second kappa shape index (κ2) is 10.2. The van der Waals surface area contributed by atoms with Crippen molar-refractivity contribution in [3.63, 3.8) is 0 Å². The van der Waals surface area contributed by atoms with Gasteiger partial charge in [0.15, 0.2) is 0 Å². The molecule has 2 aromatic carbocycles. The summed E-state index contributed by atoms with van der Waals surface area (Å²) in [5, 5.41) is 3.77. The average molecular weight is 532 g/mol. The molecule has 2 fully saturated rings. The maximum absolute atomic E-state index is 13.1. The predicted octanol–water partition coefficient (Wildman–Crippen LogP) is 5.36. The van der Waals surface area contributed by atoms with Crippen molar-refractivity contribution in [1.82, 2.24) is 15.0 Å². The monoisotopic (exact) mass is 531 g/mol. The maximum Gasteiger partial charge on any atom is 0.266 e. The van der Waals surface area contributed by atoms with Gasteiger partial charge in [0.1, 0.15) is 0 Å². The number of amides is 2. The number of benzene rings is 2. The highest BCUT2D eigenvalue weighted by Gasteiger charge is 2.37. The molecule has 4 heterocycles. The zero-order valence-electron chi connectivity index (χ0n) is 21.4. The molecule has 1 aromatic heterocycles. The third-order valence-corrected chi connectivity index (χ3v) is 7.67. The van der Waals surface area contributed by atoms with Crippen LogP contribution in [-0.2, 0) is 0 Å². The molecule has 0 atom stereocenters. The zero-order valence-corrected chi connectivity index (χ0v) is 22.2. The van der Waals surface area contributed by atoms with Crippen LogP contribution in [0.2, 0.25) is 5.02 Å². The van der Waals surface area contributed by atoms with Gasteiger partial charge in [-0.05, 0) is 87.4 Å². The molecule has 2 amide bonds. The minimum Gasteiger partial charge on any atom is -0.341 e. The first-order valence-electron chi connectivity index (χ1n) is 13.3. The summed E-state index contributed by atoms with van der Waals surface area (Å²) < 4.78 is 0. The number of rotatable bonds is 5. The van der Waals surface area contributed by atoms with E-state index in [0.717, 1.165) is 63.1 Å². The van der Waals surface area contributed by atoms with Gasteiger partial charge in [0.25, 0.3) is 11.8 Å².